The van der Waals surface area contributed by atoms with E-state index in [1.807, 2.05) is 41.5 Å². The maximum absolute atomic E-state index is 13.5. The standard InChI is InChI=1S/C16H14FN5O2.3C2H6/c17-11-1-2-13-10(7-11)8-19-14-3-5-22-15(21-14)12(9-20-22)16(23)18-4-6-24-13;3*1-2/h1-3,5,7,9H,4,6,8H2,(H,18,23)(H,19,21);3*1-2H3. The quantitative estimate of drug-likeness (QED) is 0.555. The maximum atomic E-state index is 13.5. The zero-order chi connectivity index (χ0) is 22.5. The lowest BCUT2D eigenvalue weighted by Gasteiger charge is -2.12. The van der Waals surface area contributed by atoms with Crippen LogP contribution in [0.4, 0.5) is 10.2 Å². The largest absolute Gasteiger partial charge is 0.491 e. The highest BCUT2D eigenvalue weighted by molar-refractivity contribution is 5.99. The molecule has 0 saturated heterocycles. The van der Waals surface area contributed by atoms with E-state index in [0.29, 0.717) is 41.4 Å². The van der Waals surface area contributed by atoms with Crippen LogP contribution in [0.5, 0.6) is 5.75 Å². The van der Waals surface area contributed by atoms with Crippen molar-refractivity contribution < 1.29 is 13.9 Å². The molecule has 0 atom stereocenters. The predicted molar refractivity (Wildman–Crippen MR) is 119 cm³/mol. The molecule has 30 heavy (non-hydrogen) atoms. The normalized spacial score (nSPS) is 12.3. The van der Waals surface area contributed by atoms with E-state index in [4.69, 9.17) is 4.74 Å². The van der Waals surface area contributed by atoms with Crippen LogP contribution in [0.2, 0.25) is 0 Å². The van der Waals surface area contributed by atoms with Crippen molar-refractivity contribution in [1.29, 1.82) is 0 Å². The van der Waals surface area contributed by atoms with E-state index in [2.05, 4.69) is 20.7 Å². The average Bonchev–Trinajstić information content (AvgIpc) is 3.23. The molecule has 1 amide bonds. The fraction of sp³-hybridized carbons (Fsp3) is 0.409. The van der Waals surface area contributed by atoms with Crippen LogP contribution in [0.1, 0.15) is 57.5 Å². The number of nitrogens with one attached hydrogen (secondary N) is 2. The number of benzene rings is 1. The number of aromatic nitrogens is 3. The zero-order valence-corrected chi connectivity index (χ0v) is 18.6. The lowest BCUT2D eigenvalue weighted by molar-refractivity contribution is 0.0948. The molecular weight excluding hydrogens is 385 g/mol. The number of fused-ring (bicyclic) bond motifs is 2. The van der Waals surface area contributed by atoms with Crippen LogP contribution in [0, 0.1) is 5.82 Å². The molecule has 1 aromatic carbocycles. The number of hydrogen-bond acceptors (Lipinski definition) is 5. The van der Waals surface area contributed by atoms with Gasteiger partial charge < -0.3 is 15.4 Å². The monoisotopic (exact) mass is 417 g/mol. The third-order valence-corrected chi connectivity index (χ3v) is 3.74. The Kier molecular flexibility index (Phi) is 10.9. The number of amides is 1. The summed E-state index contributed by atoms with van der Waals surface area (Å²) in [6.07, 6.45) is 3.19. The Morgan fingerprint density at radius 1 is 1.07 bits per heavy atom. The summed E-state index contributed by atoms with van der Waals surface area (Å²) in [6.45, 7) is 12.9. The van der Waals surface area contributed by atoms with Gasteiger partial charge in [0.05, 0.1) is 12.7 Å². The second-order valence-corrected chi connectivity index (χ2v) is 5.35. The summed E-state index contributed by atoms with van der Waals surface area (Å²) in [5.41, 5.74) is 1.52. The second-order valence-electron chi connectivity index (χ2n) is 5.35. The second kappa shape index (κ2) is 13.1. The van der Waals surface area contributed by atoms with Crippen LogP contribution < -0.4 is 15.4 Å². The van der Waals surface area contributed by atoms with Crippen LogP contribution in [0.15, 0.2) is 36.7 Å². The van der Waals surface area contributed by atoms with Gasteiger partial charge in [-0.2, -0.15) is 5.10 Å². The van der Waals surface area contributed by atoms with E-state index in [0.717, 1.165) is 0 Å². The topological polar surface area (TPSA) is 80.5 Å². The summed E-state index contributed by atoms with van der Waals surface area (Å²) in [4.78, 5) is 16.7. The smallest absolute Gasteiger partial charge is 0.256 e. The van der Waals surface area contributed by atoms with Gasteiger partial charge in [0.2, 0.25) is 0 Å². The van der Waals surface area contributed by atoms with Crippen molar-refractivity contribution in [2.45, 2.75) is 48.1 Å². The summed E-state index contributed by atoms with van der Waals surface area (Å²) in [6, 6.07) is 6.08. The van der Waals surface area contributed by atoms with E-state index in [1.54, 1.807) is 18.3 Å². The summed E-state index contributed by atoms with van der Waals surface area (Å²) >= 11 is 0. The molecule has 3 heterocycles. The van der Waals surface area contributed by atoms with Crippen LogP contribution in [-0.4, -0.2) is 33.7 Å². The molecule has 2 N–H and O–H groups in total. The number of anilines is 1. The molecule has 0 fully saturated rings. The molecule has 0 aliphatic carbocycles. The predicted octanol–water partition coefficient (Wildman–Crippen LogP) is 4.68. The fourth-order valence-corrected chi connectivity index (χ4v) is 2.56. The molecule has 0 unspecified atom stereocenters. The van der Waals surface area contributed by atoms with Gasteiger partial charge in [-0.3, -0.25) is 4.79 Å². The summed E-state index contributed by atoms with van der Waals surface area (Å²) in [5.74, 6) is 0.531. The number of hydrogen-bond donors (Lipinski definition) is 2. The molecule has 2 bridgehead atoms. The molecule has 0 radical (unpaired) electrons. The third-order valence-electron chi connectivity index (χ3n) is 3.74. The van der Waals surface area contributed by atoms with Gasteiger partial charge in [-0.25, -0.2) is 13.9 Å². The van der Waals surface area contributed by atoms with Crippen molar-refractivity contribution in [2.24, 2.45) is 0 Å². The van der Waals surface area contributed by atoms with E-state index < -0.39 is 0 Å². The van der Waals surface area contributed by atoms with E-state index in [9.17, 15) is 9.18 Å². The van der Waals surface area contributed by atoms with Crippen molar-refractivity contribution in [3.63, 3.8) is 0 Å². The Bertz CT molecular complexity index is 927. The Balaban J connectivity index is 0.000000691. The number of halogens is 1. The molecule has 164 valence electrons. The molecule has 1 aliphatic rings. The molecule has 0 saturated carbocycles. The first kappa shape index (κ1) is 24.9. The van der Waals surface area contributed by atoms with E-state index >= 15 is 0 Å². The van der Waals surface area contributed by atoms with Gasteiger partial charge in [0.15, 0.2) is 5.65 Å². The summed E-state index contributed by atoms with van der Waals surface area (Å²) < 4.78 is 20.7. The molecule has 0 spiro atoms. The fourth-order valence-electron chi connectivity index (χ4n) is 2.56. The van der Waals surface area contributed by atoms with Gasteiger partial charge in [-0.1, -0.05) is 41.5 Å². The summed E-state index contributed by atoms with van der Waals surface area (Å²) in [7, 11) is 0. The molecular formula is C22H32FN5O2. The zero-order valence-electron chi connectivity index (χ0n) is 18.6. The van der Waals surface area contributed by atoms with Crippen LogP contribution >= 0.6 is 0 Å². The van der Waals surface area contributed by atoms with Crippen LogP contribution in [0.25, 0.3) is 5.65 Å². The first-order valence-corrected chi connectivity index (χ1v) is 10.5. The van der Waals surface area contributed by atoms with Gasteiger partial charge >= 0.3 is 0 Å². The number of nitrogens with zero attached hydrogens (tertiary/aromatic N) is 3. The van der Waals surface area contributed by atoms with Gasteiger partial charge in [-0.05, 0) is 24.3 Å². The molecule has 1 aliphatic heterocycles. The number of rotatable bonds is 0. The Morgan fingerprint density at radius 2 is 1.80 bits per heavy atom. The van der Waals surface area contributed by atoms with Crippen molar-refractivity contribution in [3.8, 4) is 5.75 Å². The molecule has 7 nitrogen and oxygen atoms in total. The Labute approximate surface area is 177 Å². The SMILES string of the molecule is CC.CC.CC.O=C1NCCOc2ccc(F)cc2CNc2ccn3ncc1c3n2. The van der Waals surface area contributed by atoms with Crippen LogP contribution in [-0.2, 0) is 6.54 Å². The summed E-state index contributed by atoms with van der Waals surface area (Å²) in [5, 5.41) is 10.0. The molecule has 3 aromatic rings. The highest BCUT2D eigenvalue weighted by Gasteiger charge is 2.15. The lowest BCUT2D eigenvalue weighted by atomic mass is 10.2. The third kappa shape index (κ3) is 6.17. The first-order chi connectivity index (χ1) is 14.7. The minimum atomic E-state index is -0.335. The van der Waals surface area contributed by atoms with E-state index in [1.165, 1.54) is 22.8 Å². The van der Waals surface area contributed by atoms with Gasteiger partial charge in [0, 0.05) is 18.3 Å². The van der Waals surface area contributed by atoms with Gasteiger partial charge in [-0.15, -0.1) is 0 Å². The van der Waals surface area contributed by atoms with Crippen molar-refractivity contribution in [2.75, 3.05) is 18.5 Å². The van der Waals surface area contributed by atoms with Crippen LogP contribution in [0.3, 0.4) is 0 Å². The minimum absolute atomic E-state index is 0.267. The Hall–Kier alpha value is -3.16. The van der Waals surface area contributed by atoms with Gasteiger partial charge in [0.25, 0.3) is 5.91 Å². The Morgan fingerprint density at radius 3 is 2.53 bits per heavy atom. The van der Waals surface area contributed by atoms with Crippen molar-refractivity contribution in [3.05, 3.63) is 53.6 Å². The molecule has 2 aromatic heterocycles. The minimum Gasteiger partial charge on any atom is -0.491 e. The van der Waals surface area contributed by atoms with Gasteiger partial charge in [0.1, 0.15) is 29.6 Å². The lowest BCUT2D eigenvalue weighted by Crippen LogP contribution is -2.28. The van der Waals surface area contributed by atoms with Crippen molar-refractivity contribution >= 4 is 17.4 Å². The number of ether oxygens (including phenoxy) is 1. The van der Waals surface area contributed by atoms with E-state index in [-0.39, 0.29) is 18.3 Å². The molecule has 4 rings (SSSR count). The first-order valence-electron chi connectivity index (χ1n) is 10.5. The highest BCUT2D eigenvalue weighted by Crippen LogP contribution is 2.21. The number of carbonyl (C=O) groups is 1. The highest BCUT2D eigenvalue weighted by atomic mass is 19.1. The maximum Gasteiger partial charge on any atom is 0.256 e. The number of carbonyl (C=O) groups excluding carboxylic acids is 1. The van der Waals surface area contributed by atoms with Crippen molar-refractivity contribution in [1.82, 2.24) is 19.9 Å². The average molecular weight is 418 g/mol. The molecule has 8 heteroatoms.